The Morgan fingerprint density at radius 1 is 1.31 bits per heavy atom. The molecule has 1 fully saturated rings. The Morgan fingerprint density at radius 3 is 2.50 bits per heavy atom. The minimum atomic E-state index is -0.0845. The largest absolute Gasteiger partial charge is 0.393 e. The van der Waals surface area contributed by atoms with Crippen molar-refractivity contribution in [1.82, 2.24) is 0 Å². The van der Waals surface area contributed by atoms with Gasteiger partial charge >= 0.3 is 0 Å². The third kappa shape index (κ3) is 2.85. The summed E-state index contributed by atoms with van der Waals surface area (Å²) < 4.78 is 0. The van der Waals surface area contributed by atoms with E-state index in [4.69, 9.17) is 0 Å². The number of aliphatic hydroxyl groups is 1. The van der Waals surface area contributed by atoms with Gasteiger partial charge in [0.05, 0.1) is 6.10 Å². The third-order valence-corrected chi connectivity index (χ3v) is 3.86. The van der Waals surface area contributed by atoms with Crippen LogP contribution in [0.15, 0.2) is 30.3 Å². The van der Waals surface area contributed by atoms with E-state index in [-0.39, 0.29) is 6.10 Å². The van der Waals surface area contributed by atoms with Crippen molar-refractivity contribution in [2.75, 3.05) is 0 Å². The first-order chi connectivity index (χ1) is 7.59. The average Bonchev–Trinajstić information content (AvgIpc) is 2.89. The van der Waals surface area contributed by atoms with Crippen LogP contribution in [0.1, 0.15) is 38.7 Å². The van der Waals surface area contributed by atoms with Crippen LogP contribution in [0.4, 0.5) is 0 Å². The first-order valence-electron chi connectivity index (χ1n) is 6.31. The zero-order valence-corrected chi connectivity index (χ0v) is 10.3. The number of benzene rings is 1. The summed E-state index contributed by atoms with van der Waals surface area (Å²) in [6.07, 6.45) is 4.24. The van der Waals surface area contributed by atoms with Gasteiger partial charge in [-0.1, -0.05) is 44.2 Å². The van der Waals surface area contributed by atoms with Crippen molar-refractivity contribution in [1.29, 1.82) is 0 Å². The van der Waals surface area contributed by atoms with E-state index < -0.39 is 0 Å². The van der Waals surface area contributed by atoms with Gasteiger partial charge in [-0.2, -0.15) is 0 Å². The molecule has 0 aromatic heterocycles. The van der Waals surface area contributed by atoms with Crippen molar-refractivity contribution >= 4 is 0 Å². The summed E-state index contributed by atoms with van der Waals surface area (Å²) in [5.74, 6) is 0.545. The Balaban J connectivity index is 1.69. The molecule has 1 aliphatic carbocycles. The Hall–Kier alpha value is -0.820. The summed E-state index contributed by atoms with van der Waals surface area (Å²) >= 11 is 0. The van der Waals surface area contributed by atoms with E-state index in [9.17, 15) is 5.11 Å². The second-order valence-corrected chi connectivity index (χ2v) is 5.74. The Bertz CT molecular complexity index is 329. The van der Waals surface area contributed by atoms with Gasteiger partial charge in [0.15, 0.2) is 0 Å². The highest BCUT2D eigenvalue weighted by Gasteiger charge is 2.49. The van der Waals surface area contributed by atoms with E-state index in [1.165, 1.54) is 12.0 Å². The summed E-state index contributed by atoms with van der Waals surface area (Å²) in [6.45, 7) is 4.50. The quantitative estimate of drug-likeness (QED) is 0.803. The van der Waals surface area contributed by atoms with Gasteiger partial charge in [0, 0.05) is 0 Å². The predicted octanol–water partition coefficient (Wildman–Crippen LogP) is 3.42. The summed E-state index contributed by atoms with van der Waals surface area (Å²) in [5, 5.41) is 10.0. The highest BCUT2D eigenvalue weighted by molar-refractivity contribution is 5.14. The standard InChI is InChI=1S/C15H22O/c1-15(2)11-13(15)14(16)10-6-9-12-7-4-3-5-8-12/h3-5,7-8,13-14,16H,6,9-11H2,1-2H3. The SMILES string of the molecule is CC1(C)CC1C(O)CCCc1ccccc1. The molecule has 0 spiro atoms. The molecule has 1 saturated carbocycles. The smallest absolute Gasteiger partial charge is 0.0573 e. The second-order valence-electron chi connectivity index (χ2n) is 5.74. The van der Waals surface area contributed by atoms with Crippen molar-refractivity contribution < 1.29 is 5.11 Å². The van der Waals surface area contributed by atoms with Gasteiger partial charge in [-0.15, -0.1) is 0 Å². The molecular formula is C15H22O. The van der Waals surface area contributed by atoms with Crippen LogP contribution in [0.25, 0.3) is 0 Å². The highest BCUT2D eigenvalue weighted by atomic mass is 16.3. The number of aliphatic hydroxyl groups excluding tert-OH is 1. The van der Waals surface area contributed by atoms with E-state index in [1.54, 1.807) is 0 Å². The van der Waals surface area contributed by atoms with Gasteiger partial charge in [0.2, 0.25) is 0 Å². The van der Waals surface area contributed by atoms with E-state index in [2.05, 4.69) is 38.1 Å². The van der Waals surface area contributed by atoms with Crippen LogP contribution in [-0.2, 0) is 6.42 Å². The first-order valence-corrected chi connectivity index (χ1v) is 6.31. The number of hydrogen-bond donors (Lipinski definition) is 1. The zero-order valence-electron chi connectivity index (χ0n) is 10.3. The minimum absolute atomic E-state index is 0.0845. The molecule has 0 heterocycles. The second kappa shape index (κ2) is 4.58. The van der Waals surface area contributed by atoms with Gasteiger partial charge in [0.1, 0.15) is 0 Å². The minimum Gasteiger partial charge on any atom is -0.393 e. The van der Waals surface area contributed by atoms with Gasteiger partial charge in [-0.05, 0) is 42.6 Å². The van der Waals surface area contributed by atoms with E-state index in [0.29, 0.717) is 11.3 Å². The first kappa shape index (κ1) is 11.7. The molecule has 1 nitrogen and oxygen atoms in total. The van der Waals surface area contributed by atoms with E-state index >= 15 is 0 Å². The van der Waals surface area contributed by atoms with Crippen LogP contribution in [0.2, 0.25) is 0 Å². The molecule has 16 heavy (non-hydrogen) atoms. The van der Waals surface area contributed by atoms with Crippen LogP contribution in [-0.4, -0.2) is 11.2 Å². The maximum Gasteiger partial charge on any atom is 0.0573 e. The topological polar surface area (TPSA) is 20.2 Å². The van der Waals surface area contributed by atoms with Crippen molar-refractivity contribution in [3.05, 3.63) is 35.9 Å². The van der Waals surface area contributed by atoms with Crippen molar-refractivity contribution in [3.8, 4) is 0 Å². The Morgan fingerprint density at radius 2 is 1.94 bits per heavy atom. The fourth-order valence-corrected chi connectivity index (χ4v) is 2.53. The summed E-state index contributed by atoms with van der Waals surface area (Å²) in [6, 6.07) is 10.5. The molecule has 1 aliphatic rings. The lowest BCUT2D eigenvalue weighted by Gasteiger charge is -2.12. The zero-order chi connectivity index (χ0) is 11.6. The molecule has 2 atom stereocenters. The lowest BCUT2D eigenvalue weighted by molar-refractivity contribution is 0.125. The molecule has 1 aromatic rings. The summed E-state index contributed by atoms with van der Waals surface area (Å²) in [5.41, 5.74) is 1.77. The molecule has 2 rings (SSSR count). The Kier molecular flexibility index (Phi) is 3.34. The van der Waals surface area contributed by atoms with Crippen LogP contribution in [0.3, 0.4) is 0 Å². The van der Waals surface area contributed by atoms with Gasteiger partial charge in [-0.25, -0.2) is 0 Å². The fraction of sp³-hybridized carbons (Fsp3) is 0.600. The maximum absolute atomic E-state index is 10.0. The Labute approximate surface area is 98.5 Å². The molecule has 0 amide bonds. The lowest BCUT2D eigenvalue weighted by atomic mass is 10.00. The fourth-order valence-electron chi connectivity index (χ4n) is 2.53. The number of aryl methyl sites for hydroxylation is 1. The van der Waals surface area contributed by atoms with Gasteiger partial charge in [-0.3, -0.25) is 0 Å². The van der Waals surface area contributed by atoms with E-state index in [0.717, 1.165) is 19.3 Å². The molecule has 1 aromatic carbocycles. The average molecular weight is 218 g/mol. The maximum atomic E-state index is 10.0. The monoisotopic (exact) mass is 218 g/mol. The van der Waals surface area contributed by atoms with Crippen molar-refractivity contribution in [2.45, 2.75) is 45.6 Å². The predicted molar refractivity (Wildman–Crippen MR) is 67.3 cm³/mol. The molecule has 88 valence electrons. The molecule has 2 unspecified atom stereocenters. The summed E-state index contributed by atoms with van der Waals surface area (Å²) in [4.78, 5) is 0. The van der Waals surface area contributed by atoms with Crippen LogP contribution in [0, 0.1) is 11.3 Å². The molecule has 0 saturated heterocycles. The summed E-state index contributed by atoms with van der Waals surface area (Å²) in [7, 11) is 0. The van der Waals surface area contributed by atoms with E-state index in [1.807, 2.05) is 6.07 Å². The van der Waals surface area contributed by atoms with Crippen molar-refractivity contribution in [3.63, 3.8) is 0 Å². The normalized spacial score (nSPS) is 24.1. The lowest BCUT2D eigenvalue weighted by Crippen LogP contribution is -2.13. The van der Waals surface area contributed by atoms with Crippen LogP contribution >= 0.6 is 0 Å². The van der Waals surface area contributed by atoms with Gasteiger partial charge in [0.25, 0.3) is 0 Å². The molecule has 0 radical (unpaired) electrons. The number of rotatable bonds is 5. The molecule has 1 N–H and O–H groups in total. The number of hydrogen-bond acceptors (Lipinski definition) is 1. The van der Waals surface area contributed by atoms with Crippen LogP contribution < -0.4 is 0 Å². The molecule has 0 aliphatic heterocycles. The third-order valence-electron chi connectivity index (χ3n) is 3.86. The van der Waals surface area contributed by atoms with Crippen LogP contribution in [0.5, 0.6) is 0 Å². The molecular weight excluding hydrogens is 196 g/mol. The molecule has 1 heteroatoms. The highest BCUT2D eigenvalue weighted by Crippen LogP contribution is 2.54. The van der Waals surface area contributed by atoms with Gasteiger partial charge < -0.3 is 5.11 Å². The molecule has 0 bridgehead atoms. The van der Waals surface area contributed by atoms with Crippen molar-refractivity contribution in [2.24, 2.45) is 11.3 Å².